The van der Waals surface area contributed by atoms with Gasteiger partial charge < -0.3 is 9.64 Å². The zero-order chi connectivity index (χ0) is 17.1. The predicted molar refractivity (Wildman–Crippen MR) is 97.8 cm³/mol. The average molecular weight is 329 g/mol. The van der Waals surface area contributed by atoms with Crippen LogP contribution in [0.4, 0.5) is 0 Å². The molecule has 0 radical (unpaired) electrons. The number of piperidine rings is 1. The lowest BCUT2D eigenvalue weighted by Gasteiger charge is -2.34. The number of hydrogen-bond acceptors (Lipinski definition) is 2. The van der Waals surface area contributed by atoms with Crippen LogP contribution in [0.15, 0.2) is 18.2 Å². The highest BCUT2D eigenvalue weighted by Crippen LogP contribution is 2.38. The number of ether oxygens (including phenoxy) is 1. The first kappa shape index (κ1) is 17.3. The van der Waals surface area contributed by atoms with E-state index >= 15 is 0 Å². The minimum atomic E-state index is 0.124. The van der Waals surface area contributed by atoms with Crippen LogP contribution < -0.4 is 4.74 Å². The summed E-state index contributed by atoms with van der Waals surface area (Å²) in [7, 11) is 0. The minimum Gasteiger partial charge on any atom is -0.491 e. The number of nitrogens with zero attached hydrogens (tertiary/aromatic N) is 1. The van der Waals surface area contributed by atoms with Crippen molar-refractivity contribution in [2.75, 3.05) is 6.54 Å². The van der Waals surface area contributed by atoms with Crippen LogP contribution in [-0.2, 0) is 0 Å². The number of hydrogen-bond donors (Lipinski definition) is 0. The molecule has 1 aliphatic carbocycles. The van der Waals surface area contributed by atoms with Crippen LogP contribution in [0.2, 0.25) is 0 Å². The molecule has 3 rings (SSSR count). The fourth-order valence-corrected chi connectivity index (χ4v) is 4.21. The van der Waals surface area contributed by atoms with E-state index in [2.05, 4.69) is 17.9 Å². The Bertz CT molecular complexity index is 575. The number of carbonyl (C=O) groups is 1. The zero-order valence-corrected chi connectivity index (χ0v) is 15.4. The van der Waals surface area contributed by atoms with Gasteiger partial charge in [-0.05, 0) is 76.5 Å². The molecule has 1 aliphatic heterocycles. The van der Waals surface area contributed by atoms with Crippen LogP contribution in [0.25, 0.3) is 0 Å². The van der Waals surface area contributed by atoms with E-state index in [0.29, 0.717) is 12.0 Å². The molecule has 3 nitrogen and oxygen atoms in total. The smallest absolute Gasteiger partial charge is 0.254 e. The largest absolute Gasteiger partial charge is 0.491 e. The zero-order valence-electron chi connectivity index (χ0n) is 15.4. The van der Waals surface area contributed by atoms with Crippen LogP contribution >= 0.6 is 0 Å². The quantitative estimate of drug-likeness (QED) is 0.765. The fourth-order valence-electron chi connectivity index (χ4n) is 4.21. The molecule has 1 aromatic carbocycles. The average Bonchev–Trinajstić information content (AvgIpc) is 3.08. The first-order chi connectivity index (χ1) is 11.6. The van der Waals surface area contributed by atoms with Crippen LogP contribution in [0.3, 0.4) is 0 Å². The van der Waals surface area contributed by atoms with Crippen molar-refractivity contribution in [1.29, 1.82) is 0 Å². The van der Waals surface area contributed by atoms with Gasteiger partial charge in [0.25, 0.3) is 5.91 Å². The van der Waals surface area contributed by atoms with Gasteiger partial charge in [0.05, 0.1) is 6.10 Å². The fraction of sp³-hybridized carbons (Fsp3) is 0.667. The second kappa shape index (κ2) is 7.58. The third kappa shape index (κ3) is 3.76. The van der Waals surface area contributed by atoms with E-state index in [1.54, 1.807) is 0 Å². The van der Waals surface area contributed by atoms with Gasteiger partial charge in [-0.2, -0.15) is 0 Å². The molecule has 1 saturated carbocycles. The lowest BCUT2D eigenvalue weighted by Crippen LogP contribution is -2.42. The molecule has 1 amide bonds. The highest BCUT2D eigenvalue weighted by atomic mass is 16.5. The van der Waals surface area contributed by atoms with E-state index in [4.69, 9.17) is 4.74 Å². The van der Waals surface area contributed by atoms with Gasteiger partial charge in [-0.3, -0.25) is 4.79 Å². The molecule has 24 heavy (non-hydrogen) atoms. The Morgan fingerprint density at radius 3 is 2.50 bits per heavy atom. The van der Waals surface area contributed by atoms with Crippen molar-refractivity contribution in [3.8, 4) is 5.75 Å². The van der Waals surface area contributed by atoms with E-state index in [0.717, 1.165) is 30.7 Å². The summed E-state index contributed by atoms with van der Waals surface area (Å²) >= 11 is 0. The lowest BCUT2D eigenvalue weighted by atomic mass is 9.91. The minimum absolute atomic E-state index is 0.124. The number of carbonyl (C=O) groups excluding carboxylic acids is 1. The molecule has 0 spiro atoms. The van der Waals surface area contributed by atoms with Crippen molar-refractivity contribution in [1.82, 2.24) is 4.90 Å². The summed E-state index contributed by atoms with van der Waals surface area (Å²) in [4.78, 5) is 15.4. The summed E-state index contributed by atoms with van der Waals surface area (Å²) in [5, 5.41) is 0. The summed E-state index contributed by atoms with van der Waals surface area (Å²) in [6, 6.07) is 6.54. The number of likely N-dealkylation sites (tertiary alicyclic amines) is 1. The lowest BCUT2D eigenvalue weighted by molar-refractivity contribution is 0.0633. The van der Waals surface area contributed by atoms with Gasteiger partial charge >= 0.3 is 0 Å². The van der Waals surface area contributed by atoms with Crippen molar-refractivity contribution in [3.63, 3.8) is 0 Å². The SMILES string of the molecule is CC(C)Oc1ccc(C2CCCC2)c(C(=O)N2CCCC[C@@H]2C)c1. The Hall–Kier alpha value is -1.51. The van der Waals surface area contributed by atoms with Gasteiger partial charge in [-0.25, -0.2) is 0 Å². The number of rotatable bonds is 4. The van der Waals surface area contributed by atoms with Gasteiger partial charge in [0, 0.05) is 18.2 Å². The maximum Gasteiger partial charge on any atom is 0.254 e. The van der Waals surface area contributed by atoms with Gasteiger partial charge in [-0.1, -0.05) is 18.9 Å². The van der Waals surface area contributed by atoms with E-state index in [9.17, 15) is 4.79 Å². The van der Waals surface area contributed by atoms with Gasteiger partial charge in [0.2, 0.25) is 0 Å². The third-order valence-corrected chi connectivity index (χ3v) is 5.49. The molecule has 1 aromatic rings. The number of amides is 1. The molecule has 0 aromatic heterocycles. The monoisotopic (exact) mass is 329 g/mol. The molecular formula is C21H31NO2. The van der Waals surface area contributed by atoms with E-state index in [1.165, 1.54) is 37.7 Å². The Morgan fingerprint density at radius 2 is 1.83 bits per heavy atom. The molecule has 0 bridgehead atoms. The highest BCUT2D eigenvalue weighted by Gasteiger charge is 2.29. The normalized spacial score (nSPS) is 22.2. The molecule has 1 atom stereocenters. The van der Waals surface area contributed by atoms with Gasteiger partial charge in [-0.15, -0.1) is 0 Å². The highest BCUT2D eigenvalue weighted by molar-refractivity contribution is 5.96. The van der Waals surface area contributed by atoms with Crippen molar-refractivity contribution < 1.29 is 9.53 Å². The Balaban J connectivity index is 1.93. The standard InChI is InChI=1S/C21H31NO2/c1-15(2)24-18-11-12-19(17-9-4-5-10-17)20(14-18)21(23)22-13-7-6-8-16(22)3/h11-12,14-17H,4-10,13H2,1-3H3/t16-/m0/s1. The van der Waals surface area contributed by atoms with Gasteiger partial charge in [0.1, 0.15) is 5.75 Å². The topological polar surface area (TPSA) is 29.5 Å². The van der Waals surface area contributed by atoms with E-state index < -0.39 is 0 Å². The van der Waals surface area contributed by atoms with Crippen LogP contribution in [0.1, 0.15) is 87.6 Å². The first-order valence-corrected chi connectivity index (χ1v) is 9.68. The Morgan fingerprint density at radius 1 is 1.12 bits per heavy atom. The third-order valence-electron chi connectivity index (χ3n) is 5.49. The van der Waals surface area contributed by atoms with Crippen molar-refractivity contribution in [2.24, 2.45) is 0 Å². The van der Waals surface area contributed by atoms with Crippen molar-refractivity contribution >= 4 is 5.91 Å². The molecule has 2 aliphatic rings. The second-order valence-corrected chi connectivity index (χ2v) is 7.74. The molecule has 1 saturated heterocycles. The first-order valence-electron chi connectivity index (χ1n) is 9.68. The Labute approximate surface area is 146 Å². The number of benzene rings is 1. The summed E-state index contributed by atoms with van der Waals surface area (Å²) in [6.07, 6.45) is 8.58. The van der Waals surface area contributed by atoms with Gasteiger partial charge in [0.15, 0.2) is 0 Å². The van der Waals surface area contributed by atoms with E-state index in [1.807, 2.05) is 26.0 Å². The van der Waals surface area contributed by atoms with Crippen molar-refractivity contribution in [2.45, 2.75) is 83.8 Å². The summed E-state index contributed by atoms with van der Waals surface area (Å²) in [5.74, 6) is 1.57. The molecule has 3 heteroatoms. The van der Waals surface area contributed by atoms with Crippen molar-refractivity contribution in [3.05, 3.63) is 29.3 Å². The maximum absolute atomic E-state index is 13.3. The predicted octanol–water partition coefficient (Wildman–Crippen LogP) is 5.15. The molecule has 132 valence electrons. The molecule has 0 N–H and O–H groups in total. The van der Waals surface area contributed by atoms with Crippen LogP contribution in [-0.4, -0.2) is 29.5 Å². The second-order valence-electron chi connectivity index (χ2n) is 7.74. The summed E-state index contributed by atoms with van der Waals surface area (Å²) < 4.78 is 5.87. The Kier molecular flexibility index (Phi) is 5.47. The van der Waals surface area contributed by atoms with Crippen LogP contribution in [0.5, 0.6) is 5.75 Å². The molecular weight excluding hydrogens is 298 g/mol. The molecule has 0 unspecified atom stereocenters. The molecule has 1 heterocycles. The summed E-state index contributed by atoms with van der Waals surface area (Å²) in [6.45, 7) is 7.12. The van der Waals surface area contributed by atoms with E-state index in [-0.39, 0.29) is 12.0 Å². The van der Waals surface area contributed by atoms with Crippen LogP contribution in [0, 0.1) is 0 Å². The molecule has 2 fully saturated rings. The summed E-state index contributed by atoms with van der Waals surface area (Å²) in [5.41, 5.74) is 2.13. The maximum atomic E-state index is 13.3.